The Morgan fingerprint density at radius 2 is 2.04 bits per heavy atom. The van der Waals surface area contributed by atoms with Crippen LogP contribution in [0.2, 0.25) is 5.02 Å². The number of ether oxygens (including phenoxy) is 1. The highest BCUT2D eigenvalue weighted by Gasteiger charge is 2.11. The van der Waals surface area contributed by atoms with Crippen molar-refractivity contribution >= 4 is 28.9 Å². The van der Waals surface area contributed by atoms with Crippen molar-refractivity contribution < 1.29 is 9.53 Å². The summed E-state index contributed by atoms with van der Waals surface area (Å²) in [4.78, 5) is 12.2. The van der Waals surface area contributed by atoms with Crippen LogP contribution in [0.25, 0.3) is 0 Å². The Kier molecular flexibility index (Phi) is 6.26. The zero-order valence-electron chi connectivity index (χ0n) is 13.5. The van der Waals surface area contributed by atoms with Gasteiger partial charge in [0, 0.05) is 18.4 Å². The van der Waals surface area contributed by atoms with Crippen molar-refractivity contribution in [3.63, 3.8) is 0 Å². The molecule has 2 aromatic rings. The summed E-state index contributed by atoms with van der Waals surface area (Å²) in [7, 11) is 1.60. The first-order valence-electron chi connectivity index (χ1n) is 7.36. The summed E-state index contributed by atoms with van der Waals surface area (Å²) >= 11 is 6.01. The fraction of sp³-hybridized carbons (Fsp3) is 0.111. The van der Waals surface area contributed by atoms with E-state index in [1.807, 2.05) is 30.3 Å². The van der Waals surface area contributed by atoms with E-state index in [2.05, 4.69) is 10.6 Å². The Morgan fingerprint density at radius 3 is 2.64 bits per heavy atom. The first-order valence-corrected chi connectivity index (χ1v) is 7.74. The van der Waals surface area contributed by atoms with Crippen molar-refractivity contribution in [1.82, 2.24) is 5.32 Å². The number of carbonyl (C=O) groups excluding carboxylic acids is 1. The Labute approximate surface area is 150 Å². The number of carbonyl (C=O) groups is 1. The van der Waals surface area contributed by atoms with Crippen LogP contribution in [0.3, 0.4) is 0 Å². The van der Waals surface area contributed by atoms with Crippen LogP contribution in [-0.2, 0) is 11.3 Å². The Balaban J connectivity index is 1.98. The van der Waals surface area contributed by atoms with Gasteiger partial charge in [0.25, 0.3) is 5.91 Å². The number of rotatable bonds is 6. The molecule has 0 aliphatic heterocycles. The maximum Gasteiger partial charge on any atom is 0.267 e. The highest BCUT2D eigenvalue weighted by molar-refractivity contribution is 6.34. The maximum absolute atomic E-state index is 12.2. The molecule has 0 aliphatic rings. The van der Waals surface area contributed by atoms with Crippen LogP contribution in [0.1, 0.15) is 5.56 Å². The minimum Gasteiger partial charge on any atom is -0.497 e. The third-order valence-corrected chi connectivity index (χ3v) is 3.63. The normalized spacial score (nSPS) is 10.7. The first-order chi connectivity index (χ1) is 12.0. The number of hydrogen-bond acceptors (Lipinski definition) is 5. The van der Waals surface area contributed by atoms with Gasteiger partial charge in [-0.05, 0) is 35.9 Å². The number of methoxy groups -OCH3 is 1. The molecule has 0 heterocycles. The Hall–Kier alpha value is -3.17. The fourth-order valence-electron chi connectivity index (χ4n) is 1.99. The van der Waals surface area contributed by atoms with E-state index in [1.54, 1.807) is 19.2 Å². The van der Waals surface area contributed by atoms with Crippen LogP contribution in [0.5, 0.6) is 5.75 Å². The smallest absolute Gasteiger partial charge is 0.267 e. The monoisotopic (exact) mass is 356 g/mol. The molecule has 0 aliphatic carbocycles. The predicted molar refractivity (Wildman–Crippen MR) is 98.0 cm³/mol. The molecule has 0 saturated carbocycles. The van der Waals surface area contributed by atoms with Gasteiger partial charge in [-0.1, -0.05) is 23.7 Å². The first kappa shape index (κ1) is 18.2. The van der Waals surface area contributed by atoms with Crippen molar-refractivity contribution in [1.29, 1.82) is 5.26 Å². The number of nitriles is 1. The molecule has 128 valence electrons. The fourth-order valence-corrected chi connectivity index (χ4v) is 2.22. The standard InChI is InChI=1S/C18H17ClN4O2/c1-25-15-5-2-12(3-6-15)10-22-11-13(9-20)18(24)23-17-7-4-14(21)8-16(17)19/h2-8,11,22H,10,21H2,1H3,(H,23,24)/b13-11-. The number of halogens is 1. The quantitative estimate of drug-likeness (QED) is 0.419. The molecule has 0 saturated heterocycles. The lowest BCUT2D eigenvalue weighted by atomic mass is 10.2. The van der Waals surface area contributed by atoms with Crippen LogP contribution in [0.15, 0.2) is 54.2 Å². The molecule has 0 bridgehead atoms. The van der Waals surface area contributed by atoms with E-state index in [4.69, 9.17) is 27.3 Å². The van der Waals surface area contributed by atoms with Crippen LogP contribution < -0.4 is 21.1 Å². The van der Waals surface area contributed by atoms with Gasteiger partial charge in [-0.25, -0.2) is 0 Å². The molecule has 7 heteroatoms. The molecule has 0 fully saturated rings. The van der Waals surface area contributed by atoms with Gasteiger partial charge in [0.2, 0.25) is 0 Å². The van der Waals surface area contributed by atoms with E-state index in [0.717, 1.165) is 11.3 Å². The maximum atomic E-state index is 12.2. The molecule has 2 rings (SSSR count). The molecule has 4 N–H and O–H groups in total. The topological polar surface area (TPSA) is 100 Å². The van der Waals surface area contributed by atoms with Gasteiger partial charge >= 0.3 is 0 Å². The van der Waals surface area contributed by atoms with E-state index in [9.17, 15) is 4.79 Å². The van der Waals surface area contributed by atoms with Gasteiger partial charge < -0.3 is 21.1 Å². The summed E-state index contributed by atoms with van der Waals surface area (Å²) in [5, 5.41) is 15.0. The van der Waals surface area contributed by atoms with E-state index in [0.29, 0.717) is 22.9 Å². The number of nitrogen functional groups attached to an aromatic ring is 1. The zero-order valence-corrected chi connectivity index (χ0v) is 14.3. The van der Waals surface area contributed by atoms with Crippen molar-refractivity contribution in [3.05, 3.63) is 64.8 Å². The molecule has 0 spiro atoms. The molecule has 2 aromatic carbocycles. The van der Waals surface area contributed by atoms with E-state index >= 15 is 0 Å². The van der Waals surface area contributed by atoms with E-state index in [1.165, 1.54) is 12.3 Å². The second kappa shape index (κ2) is 8.62. The van der Waals surface area contributed by atoms with Crippen LogP contribution >= 0.6 is 11.6 Å². The summed E-state index contributed by atoms with van der Waals surface area (Å²) in [5.41, 5.74) is 7.39. The number of nitrogens with zero attached hydrogens (tertiary/aromatic N) is 1. The van der Waals surface area contributed by atoms with Gasteiger partial charge in [-0.3, -0.25) is 4.79 Å². The molecule has 1 amide bonds. The second-order valence-electron chi connectivity index (χ2n) is 5.09. The SMILES string of the molecule is COc1ccc(CN/C=C(/C#N)C(=O)Nc2ccc(N)cc2Cl)cc1. The number of amides is 1. The highest BCUT2D eigenvalue weighted by Crippen LogP contribution is 2.24. The van der Waals surface area contributed by atoms with E-state index in [-0.39, 0.29) is 5.57 Å². The van der Waals surface area contributed by atoms with Gasteiger partial charge in [-0.2, -0.15) is 5.26 Å². The van der Waals surface area contributed by atoms with Crippen molar-refractivity contribution in [2.45, 2.75) is 6.54 Å². The molecular weight excluding hydrogens is 340 g/mol. The van der Waals surface area contributed by atoms with Gasteiger partial charge in [0.05, 0.1) is 17.8 Å². The lowest BCUT2D eigenvalue weighted by Gasteiger charge is -2.08. The number of benzene rings is 2. The molecule has 0 radical (unpaired) electrons. The predicted octanol–water partition coefficient (Wildman–Crippen LogP) is 3.07. The zero-order chi connectivity index (χ0) is 18.2. The summed E-state index contributed by atoms with van der Waals surface area (Å²) in [6, 6.07) is 14.0. The Bertz CT molecular complexity index is 826. The van der Waals surface area contributed by atoms with Crippen molar-refractivity contribution in [2.24, 2.45) is 0 Å². The molecule has 6 nitrogen and oxygen atoms in total. The molecule has 25 heavy (non-hydrogen) atoms. The number of anilines is 2. The van der Waals surface area contributed by atoms with Gasteiger partial charge in [0.15, 0.2) is 0 Å². The summed E-state index contributed by atoms with van der Waals surface area (Å²) < 4.78 is 5.09. The Morgan fingerprint density at radius 1 is 1.32 bits per heavy atom. The minimum absolute atomic E-state index is 0.0681. The molecule has 0 atom stereocenters. The van der Waals surface area contributed by atoms with Crippen LogP contribution in [0.4, 0.5) is 11.4 Å². The number of nitrogens with two attached hydrogens (primary N) is 1. The largest absolute Gasteiger partial charge is 0.497 e. The number of hydrogen-bond donors (Lipinski definition) is 3. The minimum atomic E-state index is -0.559. The lowest BCUT2D eigenvalue weighted by molar-refractivity contribution is -0.112. The van der Waals surface area contributed by atoms with Crippen molar-refractivity contribution in [2.75, 3.05) is 18.2 Å². The van der Waals surface area contributed by atoms with Gasteiger partial charge in [-0.15, -0.1) is 0 Å². The van der Waals surface area contributed by atoms with Gasteiger partial charge in [0.1, 0.15) is 17.4 Å². The lowest BCUT2D eigenvalue weighted by Crippen LogP contribution is -2.17. The average molecular weight is 357 g/mol. The summed E-state index contributed by atoms with van der Waals surface area (Å²) in [6.45, 7) is 0.463. The highest BCUT2D eigenvalue weighted by atomic mass is 35.5. The average Bonchev–Trinajstić information content (AvgIpc) is 2.61. The summed E-state index contributed by atoms with van der Waals surface area (Å²) in [5.74, 6) is 0.202. The van der Waals surface area contributed by atoms with E-state index < -0.39 is 5.91 Å². The molecule has 0 aromatic heterocycles. The summed E-state index contributed by atoms with van der Waals surface area (Å²) in [6.07, 6.45) is 1.37. The third-order valence-electron chi connectivity index (χ3n) is 3.32. The van der Waals surface area contributed by atoms with Crippen LogP contribution in [-0.4, -0.2) is 13.0 Å². The van der Waals surface area contributed by atoms with Crippen molar-refractivity contribution in [3.8, 4) is 11.8 Å². The second-order valence-corrected chi connectivity index (χ2v) is 5.50. The number of nitrogens with one attached hydrogen (secondary N) is 2. The van der Waals surface area contributed by atoms with Crippen LogP contribution in [0, 0.1) is 11.3 Å². The third kappa shape index (κ3) is 5.16. The molecular formula is C18H17ClN4O2. The molecule has 0 unspecified atom stereocenters.